The van der Waals surface area contributed by atoms with E-state index in [1.807, 2.05) is 0 Å². The van der Waals surface area contributed by atoms with Crippen LogP contribution in [-0.2, 0) is 4.43 Å². The van der Waals surface area contributed by atoms with E-state index >= 15 is 0 Å². The van der Waals surface area contributed by atoms with Crippen molar-refractivity contribution in [2.75, 3.05) is 6.61 Å². The molecule has 2 rings (SSSR count). The van der Waals surface area contributed by atoms with Crippen molar-refractivity contribution in [1.82, 2.24) is 0 Å². The normalized spacial score (nSPS) is 12.5. The van der Waals surface area contributed by atoms with Gasteiger partial charge in [0, 0.05) is 6.61 Å². The van der Waals surface area contributed by atoms with Crippen molar-refractivity contribution in [3.63, 3.8) is 0 Å². The summed E-state index contributed by atoms with van der Waals surface area (Å²) in [4.78, 5) is 0. The molecule has 0 saturated heterocycles. The highest BCUT2D eigenvalue weighted by molar-refractivity contribution is 6.99. The van der Waals surface area contributed by atoms with Crippen molar-refractivity contribution in [3.05, 3.63) is 96.1 Å². The Morgan fingerprint density at radius 2 is 1.38 bits per heavy atom. The summed E-state index contributed by atoms with van der Waals surface area (Å²) < 4.78 is 6.98. The number of allylic oxidation sites excluding steroid dienone is 4. The van der Waals surface area contributed by atoms with Crippen molar-refractivity contribution in [3.8, 4) is 0 Å². The fraction of sp³-hybridized carbons (Fsp3) is 0.400. The maximum Gasteiger partial charge on any atom is 0.261 e. The molecule has 2 aromatic carbocycles. The van der Waals surface area contributed by atoms with Gasteiger partial charge in [-0.3, -0.25) is 0 Å². The number of benzene rings is 2. The minimum absolute atomic E-state index is 0.0124. The molecule has 0 heterocycles. The molecule has 2 heteroatoms. The first-order chi connectivity index (χ1) is 15.2. The van der Waals surface area contributed by atoms with E-state index in [1.165, 1.54) is 27.1 Å². The quantitative estimate of drug-likeness (QED) is 0.255. The van der Waals surface area contributed by atoms with E-state index in [-0.39, 0.29) is 5.04 Å². The van der Waals surface area contributed by atoms with E-state index < -0.39 is 8.32 Å². The van der Waals surface area contributed by atoms with Crippen molar-refractivity contribution in [1.29, 1.82) is 0 Å². The zero-order valence-electron chi connectivity index (χ0n) is 21.1. The van der Waals surface area contributed by atoms with Crippen molar-refractivity contribution in [2.45, 2.75) is 72.3 Å². The van der Waals surface area contributed by atoms with Gasteiger partial charge in [0.1, 0.15) is 0 Å². The molecule has 0 amide bonds. The maximum atomic E-state index is 6.98. The fourth-order valence-corrected chi connectivity index (χ4v) is 8.78. The second kappa shape index (κ2) is 12.2. The highest BCUT2D eigenvalue weighted by atomic mass is 28.4. The summed E-state index contributed by atoms with van der Waals surface area (Å²) in [5.74, 6) is 0. The average Bonchev–Trinajstić information content (AvgIpc) is 2.75. The van der Waals surface area contributed by atoms with Crippen molar-refractivity contribution < 1.29 is 4.43 Å². The largest absolute Gasteiger partial charge is 0.407 e. The van der Waals surface area contributed by atoms with Gasteiger partial charge in [0.05, 0.1) is 0 Å². The Kier molecular flexibility index (Phi) is 9.93. The molecular formula is C30H42OSi. The second-order valence-corrected chi connectivity index (χ2v) is 14.4. The van der Waals surface area contributed by atoms with Crippen LogP contribution in [0.1, 0.15) is 67.2 Å². The first-order valence-electron chi connectivity index (χ1n) is 11.9. The zero-order chi connectivity index (χ0) is 23.6. The van der Waals surface area contributed by atoms with Crippen LogP contribution in [0.5, 0.6) is 0 Å². The molecule has 0 N–H and O–H groups in total. The molecule has 0 atom stereocenters. The molecule has 0 aliphatic heterocycles. The van der Waals surface area contributed by atoms with Gasteiger partial charge in [-0.15, -0.1) is 0 Å². The second-order valence-electron chi connectivity index (χ2n) is 10.1. The van der Waals surface area contributed by atoms with Gasteiger partial charge in [0.25, 0.3) is 8.32 Å². The number of hydrogen-bond acceptors (Lipinski definition) is 1. The SMILES string of the molecule is C=C(C/C=C(\C)CCC=C(C)C)CCO[Si](c1ccccc1)(c1ccccc1)C(C)(C)C. The van der Waals surface area contributed by atoms with Crippen LogP contribution in [-0.4, -0.2) is 14.9 Å². The Morgan fingerprint density at radius 1 is 0.844 bits per heavy atom. The summed E-state index contributed by atoms with van der Waals surface area (Å²) in [6, 6.07) is 21.7. The zero-order valence-corrected chi connectivity index (χ0v) is 22.1. The van der Waals surface area contributed by atoms with Crippen LogP contribution in [0, 0.1) is 0 Å². The van der Waals surface area contributed by atoms with Crippen LogP contribution in [0.15, 0.2) is 96.1 Å². The van der Waals surface area contributed by atoms with E-state index in [1.54, 1.807) is 0 Å². The van der Waals surface area contributed by atoms with E-state index in [2.05, 4.69) is 121 Å². The van der Waals surface area contributed by atoms with Crippen molar-refractivity contribution in [2.24, 2.45) is 0 Å². The van der Waals surface area contributed by atoms with Gasteiger partial charge >= 0.3 is 0 Å². The predicted molar refractivity (Wildman–Crippen MR) is 144 cm³/mol. The lowest BCUT2D eigenvalue weighted by molar-refractivity contribution is 0.301. The highest BCUT2D eigenvalue weighted by Crippen LogP contribution is 2.37. The molecule has 0 bridgehead atoms. The Morgan fingerprint density at radius 3 is 1.84 bits per heavy atom. The number of rotatable bonds is 11. The summed E-state index contributed by atoms with van der Waals surface area (Å²) in [7, 11) is -2.45. The third-order valence-electron chi connectivity index (χ3n) is 6.02. The van der Waals surface area contributed by atoms with Crippen LogP contribution in [0.3, 0.4) is 0 Å². The standard InChI is InChI=1S/C30H42OSi/c1-25(2)15-14-16-26(3)21-22-27(4)23-24-31-32(30(5,6)7,28-17-10-8-11-18-28)29-19-12-9-13-20-29/h8-13,15,17-21H,4,14,16,22-24H2,1-3,5-7H3/b26-21+. The Labute approximate surface area is 198 Å². The molecule has 0 aromatic heterocycles. The maximum absolute atomic E-state index is 6.98. The summed E-state index contributed by atoms with van der Waals surface area (Å²) >= 11 is 0. The van der Waals surface area contributed by atoms with Gasteiger partial charge in [-0.1, -0.05) is 117 Å². The third-order valence-corrected chi connectivity index (χ3v) is 11.1. The van der Waals surface area contributed by atoms with Crippen molar-refractivity contribution >= 4 is 18.7 Å². The Balaban J connectivity index is 2.13. The minimum Gasteiger partial charge on any atom is -0.407 e. The molecule has 2 aromatic rings. The molecule has 0 saturated carbocycles. The minimum atomic E-state index is -2.45. The van der Waals surface area contributed by atoms with Gasteiger partial charge < -0.3 is 4.43 Å². The smallest absolute Gasteiger partial charge is 0.261 e. The lowest BCUT2D eigenvalue weighted by atomic mass is 10.1. The first kappa shape index (κ1) is 26.1. The molecule has 0 spiro atoms. The van der Waals surface area contributed by atoms with Gasteiger partial charge in [0.2, 0.25) is 0 Å². The Hall–Kier alpha value is -2.16. The molecule has 0 radical (unpaired) electrons. The van der Waals surface area contributed by atoms with Crippen LogP contribution in [0.25, 0.3) is 0 Å². The first-order valence-corrected chi connectivity index (χ1v) is 13.8. The highest BCUT2D eigenvalue weighted by Gasteiger charge is 2.49. The van der Waals surface area contributed by atoms with Crippen LogP contribution >= 0.6 is 0 Å². The lowest BCUT2D eigenvalue weighted by Crippen LogP contribution is -2.66. The summed E-state index contributed by atoms with van der Waals surface area (Å²) in [5, 5.41) is 2.68. The van der Waals surface area contributed by atoms with Gasteiger partial charge in [-0.25, -0.2) is 0 Å². The molecule has 0 unspecified atom stereocenters. The van der Waals surface area contributed by atoms with E-state index in [4.69, 9.17) is 4.43 Å². The van der Waals surface area contributed by atoms with E-state index in [0.717, 1.165) is 25.7 Å². The average molecular weight is 447 g/mol. The molecule has 0 aliphatic rings. The predicted octanol–water partition coefficient (Wildman–Crippen LogP) is 7.59. The van der Waals surface area contributed by atoms with Crippen LogP contribution in [0.4, 0.5) is 0 Å². The molecule has 172 valence electrons. The fourth-order valence-electron chi connectivity index (χ4n) is 4.22. The molecule has 1 nitrogen and oxygen atoms in total. The summed E-state index contributed by atoms with van der Waals surface area (Å²) in [6.07, 6.45) is 8.71. The Bertz CT molecular complexity index is 857. The van der Waals surface area contributed by atoms with Gasteiger partial charge in [-0.05, 0) is 61.9 Å². The molecular weight excluding hydrogens is 404 g/mol. The van der Waals surface area contributed by atoms with Crippen LogP contribution in [0.2, 0.25) is 5.04 Å². The van der Waals surface area contributed by atoms with E-state index in [0.29, 0.717) is 6.61 Å². The number of hydrogen-bond donors (Lipinski definition) is 0. The summed E-state index contributed by atoms with van der Waals surface area (Å²) in [5.41, 5.74) is 4.07. The monoisotopic (exact) mass is 446 g/mol. The topological polar surface area (TPSA) is 9.23 Å². The third kappa shape index (κ3) is 7.18. The van der Waals surface area contributed by atoms with Gasteiger partial charge in [-0.2, -0.15) is 0 Å². The van der Waals surface area contributed by atoms with Crippen LogP contribution < -0.4 is 10.4 Å². The van der Waals surface area contributed by atoms with Gasteiger partial charge in [0.15, 0.2) is 0 Å². The lowest BCUT2D eigenvalue weighted by Gasteiger charge is -2.43. The van der Waals surface area contributed by atoms with E-state index in [9.17, 15) is 0 Å². The molecule has 0 aliphatic carbocycles. The molecule has 0 fully saturated rings. The summed E-state index contributed by atoms with van der Waals surface area (Å²) in [6.45, 7) is 18.6. The molecule has 32 heavy (non-hydrogen) atoms.